The van der Waals surface area contributed by atoms with Crippen LogP contribution in [-0.4, -0.2) is 10.1 Å². The first-order valence-electron chi connectivity index (χ1n) is 2.06. The van der Waals surface area contributed by atoms with Crippen LogP contribution in [0, 0.1) is 3.90 Å². The molecule has 0 radical (unpaired) electrons. The summed E-state index contributed by atoms with van der Waals surface area (Å²) in [5, 5.41) is 2.67. The zero-order chi connectivity index (χ0) is 7.78. The Morgan fingerprint density at radius 2 is 2.00 bits per heavy atom. The second kappa shape index (κ2) is 2.36. The highest BCUT2D eigenvalue weighted by Crippen LogP contribution is 2.26. The van der Waals surface area contributed by atoms with Gasteiger partial charge in [-0.25, -0.2) is 0 Å². The molecule has 7 heteroatoms. The van der Waals surface area contributed by atoms with Crippen LogP contribution < -0.4 is 0 Å². The van der Waals surface area contributed by atoms with Gasteiger partial charge in [-0.05, 0) is 0 Å². The number of aromatic nitrogens is 2. The van der Waals surface area contributed by atoms with Crippen LogP contribution in [-0.2, 0) is 6.18 Å². The molecule has 0 spiro atoms. The molecular formula is C3F3IN2O. The first kappa shape index (κ1) is 7.76. The van der Waals surface area contributed by atoms with Gasteiger partial charge in [0, 0.05) is 22.6 Å². The number of halogens is 4. The highest BCUT2D eigenvalue weighted by molar-refractivity contribution is 14.1. The van der Waals surface area contributed by atoms with E-state index in [0.29, 0.717) is 0 Å². The van der Waals surface area contributed by atoms with Crippen LogP contribution in [0.25, 0.3) is 0 Å². The number of rotatable bonds is 0. The molecule has 0 unspecified atom stereocenters. The monoisotopic (exact) mass is 264 g/mol. The first-order chi connectivity index (χ1) is 4.50. The Balaban J connectivity index is 2.96. The third-order valence-electron chi connectivity index (χ3n) is 0.655. The van der Waals surface area contributed by atoms with Crippen molar-refractivity contribution in [3.63, 3.8) is 0 Å². The standard InChI is InChI=1S/C3F3IN2O/c4-3(5,6)1-8-2(7)10-9-1. The molecule has 10 heavy (non-hydrogen) atoms. The van der Waals surface area contributed by atoms with Crippen LogP contribution in [0.1, 0.15) is 5.82 Å². The Bertz CT molecular complexity index is 232. The van der Waals surface area contributed by atoms with Crippen molar-refractivity contribution in [2.24, 2.45) is 0 Å². The van der Waals surface area contributed by atoms with Crippen LogP contribution in [0.4, 0.5) is 13.2 Å². The summed E-state index contributed by atoms with van der Waals surface area (Å²) in [6.07, 6.45) is -4.51. The zero-order valence-corrected chi connectivity index (χ0v) is 6.47. The Labute approximate surface area is 66.7 Å². The summed E-state index contributed by atoms with van der Waals surface area (Å²) in [4.78, 5) is 2.97. The van der Waals surface area contributed by atoms with Gasteiger partial charge in [0.1, 0.15) is 0 Å². The summed E-state index contributed by atoms with van der Waals surface area (Å²) in [7, 11) is 0. The van der Waals surface area contributed by atoms with E-state index in [2.05, 4.69) is 14.7 Å². The van der Waals surface area contributed by atoms with Crippen molar-refractivity contribution in [2.45, 2.75) is 6.18 Å². The van der Waals surface area contributed by atoms with Gasteiger partial charge < -0.3 is 4.52 Å². The van der Waals surface area contributed by atoms with Crippen molar-refractivity contribution in [3.05, 3.63) is 9.72 Å². The van der Waals surface area contributed by atoms with E-state index in [9.17, 15) is 13.2 Å². The summed E-state index contributed by atoms with van der Waals surface area (Å²) in [6, 6.07) is 0. The lowest BCUT2D eigenvalue weighted by Gasteiger charge is -1.95. The average Bonchev–Trinajstić information content (AvgIpc) is 2.11. The Kier molecular flexibility index (Phi) is 1.84. The Hall–Kier alpha value is -0.340. The predicted molar refractivity (Wildman–Crippen MR) is 32.0 cm³/mol. The normalized spacial score (nSPS) is 12.0. The zero-order valence-electron chi connectivity index (χ0n) is 4.31. The molecular weight excluding hydrogens is 264 g/mol. The van der Waals surface area contributed by atoms with E-state index in [1.807, 2.05) is 0 Å². The van der Waals surface area contributed by atoms with E-state index < -0.39 is 12.0 Å². The molecule has 0 atom stereocenters. The molecule has 0 bridgehead atoms. The van der Waals surface area contributed by atoms with Crippen LogP contribution >= 0.6 is 22.6 Å². The molecule has 1 aromatic rings. The average molecular weight is 264 g/mol. The second-order valence-corrected chi connectivity index (χ2v) is 2.29. The van der Waals surface area contributed by atoms with Crippen molar-refractivity contribution in [3.8, 4) is 0 Å². The minimum absolute atomic E-state index is 0.120. The van der Waals surface area contributed by atoms with E-state index in [-0.39, 0.29) is 3.90 Å². The first-order valence-corrected chi connectivity index (χ1v) is 3.14. The molecule has 0 aliphatic carbocycles. The molecule has 1 heterocycles. The molecule has 3 nitrogen and oxygen atoms in total. The van der Waals surface area contributed by atoms with Crippen LogP contribution in [0.3, 0.4) is 0 Å². The topological polar surface area (TPSA) is 38.9 Å². The molecule has 1 rings (SSSR count). The number of alkyl halides is 3. The Morgan fingerprint density at radius 3 is 2.20 bits per heavy atom. The molecule has 0 aliphatic rings. The van der Waals surface area contributed by atoms with Gasteiger partial charge in [-0.2, -0.15) is 18.2 Å². The molecule has 0 saturated carbocycles. The fraction of sp³-hybridized carbons (Fsp3) is 0.333. The highest BCUT2D eigenvalue weighted by atomic mass is 127. The largest absolute Gasteiger partial charge is 0.455 e. The minimum Gasteiger partial charge on any atom is -0.328 e. The molecule has 56 valence electrons. The third kappa shape index (κ3) is 1.58. The van der Waals surface area contributed by atoms with Gasteiger partial charge in [0.25, 0.3) is 9.72 Å². The van der Waals surface area contributed by atoms with Crippen LogP contribution in [0.2, 0.25) is 0 Å². The number of hydrogen-bond acceptors (Lipinski definition) is 3. The molecule has 0 aromatic carbocycles. The van der Waals surface area contributed by atoms with E-state index >= 15 is 0 Å². The summed E-state index contributed by atoms with van der Waals surface area (Å²) in [6.45, 7) is 0. The fourth-order valence-electron chi connectivity index (χ4n) is 0.320. The summed E-state index contributed by atoms with van der Waals surface area (Å²) < 4.78 is 38.8. The predicted octanol–water partition coefficient (Wildman–Crippen LogP) is 1.69. The van der Waals surface area contributed by atoms with Gasteiger partial charge in [-0.1, -0.05) is 5.16 Å². The number of nitrogens with zero attached hydrogens (tertiary/aromatic N) is 2. The molecule has 0 amide bonds. The van der Waals surface area contributed by atoms with E-state index in [1.165, 1.54) is 22.6 Å². The van der Waals surface area contributed by atoms with Gasteiger partial charge >= 0.3 is 6.18 Å². The van der Waals surface area contributed by atoms with E-state index in [1.54, 1.807) is 0 Å². The summed E-state index contributed by atoms with van der Waals surface area (Å²) in [5.41, 5.74) is 0. The summed E-state index contributed by atoms with van der Waals surface area (Å²) in [5.74, 6) is -1.24. The highest BCUT2D eigenvalue weighted by Gasteiger charge is 2.36. The van der Waals surface area contributed by atoms with Gasteiger partial charge in [0.2, 0.25) is 0 Å². The Morgan fingerprint density at radius 1 is 1.40 bits per heavy atom. The van der Waals surface area contributed by atoms with Crippen molar-refractivity contribution in [1.29, 1.82) is 0 Å². The van der Waals surface area contributed by atoms with Crippen molar-refractivity contribution in [2.75, 3.05) is 0 Å². The molecule has 0 aliphatic heterocycles. The van der Waals surface area contributed by atoms with E-state index in [4.69, 9.17) is 0 Å². The van der Waals surface area contributed by atoms with Crippen molar-refractivity contribution in [1.82, 2.24) is 10.1 Å². The van der Waals surface area contributed by atoms with Crippen LogP contribution in [0.15, 0.2) is 4.52 Å². The van der Waals surface area contributed by atoms with Crippen molar-refractivity contribution >= 4 is 22.6 Å². The molecule has 1 aromatic heterocycles. The molecule has 0 saturated heterocycles. The smallest absolute Gasteiger partial charge is 0.328 e. The maximum atomic E-state index is 11.6. The van der Waals surface area contributed by atoms with Gasteiger partial charge in [0.15, 0.2) is 0 Å². The SMILES string of the molecule is FC(F)(F)c1noc(I)n1. The lowest BCUT2D eigenvalue weighted by atomic mass is 10.6. The molecule has 0 fully saturated rings. The fourth-order valence-corrected chi connectivity index (χ4v) is 0.647. The second-order valence-electron chi connectivity index (χ2n) is 1.37. The maximum Gasteiger partial charge on any atom is 0.455 e. The van der Waals surface area contributed by atoms with Crippen molar-refractivity contribution < 1.29 is 17.7 Å². The quantitative estimate of drug-likeness (QED) is 0.669. The lowest BCUT2D eigenvalue weighted by molar-refractivity contribution is -0.146. The lowest BCUT2D eigenvalue weighted by Crippen LogP contribution is -2.06. The minimum atomic E-state index is -4.51. The number of hydrogen-bond donors (Lipinski definition) is 0. The van der Waals surface area contributed by atoms with E-state index in [0.717, 1.165) is 0 Å². The third-order valence-corrected chi connectivity index (χ3v) is 1.09. The van der Waals surface area contributed by atoms with Crippen LogP contribution in [0.5, 0.6) is 0 Å². The maximum absolute atomic E-state index is 11.6. The van der Waals surface area contributed by atoms with Gasteiger partial charge in [-0.3, -0.25) is 0 Å². The van der Waals surface area contributed by atoms with Gasteiger partial charge in [0.05, 0.1) is 0 Å². The van der Waals surface area contributed by atoms with Gasteiger partial charge in [-0.15, -0.1) is 0 Å². The molecule has 0 N–H and O–H groups in total. The summed E-state index contributed by atoms with van der Waals surface area (Å²) >= 11 is 1.50.